The summed E-state index contributed by atoms with van der Waals surface area (Å²) in [4.78, 5) is 133. The van der Waals surface area contributed by atoms with Gasteiger partial charge in [-0.05, 0) is 196 Å². The Balaban J connectivity index is 0.995. The minimum atomic E-state index is -3.87. The lowest BCUT2D eigenvalue weighted by atomic mass is 9.85. The monoisotopic (exact) mass is 1780 g/mol. The molecule has 125 heavy (non-hydrogen) atoms. The molecule has 18 atom stereocenters. The number of phenolic OH excluding ortho intramolecular Hbond substituents is 2. The van der Waals surface area contributed by atoms with Gasteiger partial charge in [0, 0.05) is 30.6 Å². The molecule has 8 amide bonds. The maximum absolute atomic E-state index is 16.5. The number of nitrogens with two attached hydrogens (primary N) is 1. The number of rotatable bonds is 27. The number of aryl methyl sites for hydroxylation is 2. The number of unbranched alkanes of at least 4 members (excludes halogenated alkanes) is 4. The van der Waals surface area contributed by atoms with Gasteiger partial charge >= 0.3 is 12.1 Å². The number of benzene rings is 6. The highest BCUT2D eigenvalue weighted by Gasteiger charge is 2.56. The van der Waals surface area contributed by atoms with E-state index in [-0.39, 0.29) is 105 Å². The fourth-order valence-electron chi connectivity index (χ4n) is 16.4. The number of aromatic hydroxyl groups is 2. The van der Waals surface area contributed by atoms with E-state index in [9.17, 15) is 68.4 Å². The number of carboxylic acid groups (broad SMARTS) is 1. The molecule has 8 heterocycles. The molecule has 37 nitrogen and oxygen atoms in total. The Labute approximate surface area is 724 Å². The number of fused-ring (bicyclic) bond motifs is 16. The zero-order valence-electron chi connectivity index (χ0n) is 69.8. The van der Waals surface area contributed by atoms with Crippen molar-refractivity contribution in [3.05, 3.63) is 152 Å². The standard InChI is InChI=1S/C86H106ClN11O26S/c1-9-10-11-12-15-43-16-21-48(22-17-43)125(116,117)91-27-14-13-26-90-37-51-41(5)64-49-30-44(18-23-55(49)100)65-79(109)97-69(82(112)95-67(83(113)114)50(64)34-56(51)101)71(104)46-20-25-58(52(87)31-46)120-60-33-47-32-59(74(60)123-84-75(73(106)72(105)61(38-99)121-84)122-63-36-86(7)76(42(6)118-63)124-85(115)98-86)119-57-24-19-45(29-40(57)4)70(103)68(96-77(107)53(89-8)28-39(2)3)81(111)92-54(35-62(88)102)78(108)93-66(47)80(110)94-65/h16-25,29-34,39,42,53-54,61,63,65-73,75-76,84,89-91,99-101,103-106H,9-15,26-28,35-38H2,1-8H3,(H2,88,102)(H,92,111)(H,93,108)(H,94,110)(H,95,112)(H,96,107)(H,97,109)(H,98,115)(H,113,114)/t42-,53+,54-,61+,63-,65+,66+,67-,68+,69-,70+,71+,72+,73-,75+,76+,84-,86-/m0/s1. The average molecular weight is 1780 g/mol. The van der Waals surface area contributed by atoms with Gasteiger partial charge in [-0.3, -0.25) is 33.6 Å². The summed E-state index contributed by atoms with van der Waals surface area (Å²) >= 11 is 7.20. The number of aliphatic hydroxyl groups is 5. The number of ether oxygens (including phenoxy) is 7. The van der Waals surface area contributed by atoms with E-state index in [4.69, 9.17) is 50.5 Å². The molecule has 8 aliphatic rings. The smallest absolute Gasteiger partial charge is 0.408 e. The lowest BCUT2D eigenvalue weighted by Gasteiger charge is -2.46. The van der Waals surface area contributed by atoms with E-state index in [0.29, 0.717) is 12.8 Å². The van der Waals surface area contributed by atoms with Crippen LogP contribution in [0.3, 0.4) is 0 Å². The van der Waals surface area contributed by atoms with E-state index >= 15 is 24.0 Å². The van der Waals surface area contributed by atoms with Crippen LogP contribution >= 0.6 is 11.6 Å². The first-order valence-electron chi connectivity index (χ1n) is 41.3. The van der Waals surface area contributed by atoms with E-state index in [0.717, 1.165) is 80.1 Å². The zero-order valence-corrected chi connectivity index (χ0v) is 71.4. The predicted molar refractivity (Wildman–Crippen MR) is 446 cm³/mol. The highest BCUT2D eigenvalue weighted by atomic mass is 35.5. The van der Waals surface area contributed by atoms with Crippen molar-refractivity contribution in [1.29, 1.82) is 0 Å². The lowest BCUT2D eigenvalue weighted by molar-refractivity contribution is -0.332. The summed E-state index contributed by atoms with van der Waals surface area (Å²) in [6.45, 7) is 11.2. The van der Waals surface area contributed by atoms with Crippen LogP contribution in [0, 0.1) is 19.8 Å². The number of amides is 8. The van der Waals surface area contributed by atoms with Gasteiger partial charge in [0.1, 0.15) is 83.7 Å². The van der Waals surface area contributed by atoms with E-state index in [1.807, 2.05) is 13.8 Å². The van der Waals surface area contributed by atoms with E-state index in [1.165, 1.54) is 51.2 Å². The molecule has 14 rings (SSSR count). The van der Waals surface area contributed by atoms with Crippen LogP contribution < -0.4 is 72.5 Å². The molecule has 0 spiro atoms. The molecule has 20 N–H and O–H groups in total. The molecule has 8 aliphatic heterocycles. The number of aliphatic carboxylic acids is 1. The molecule has 0 saturated carbocycles. The van der Waals surface area contributed by atoms with Crippen LogP contribution in [0.25, 0.3) is 11.1 Å². The van der Waals surface area contributed by atoms with Gasteiger partial charge in [0.2, 0.25) is 63.4 Å². The number of hydrogen-bond donors (Lipinski definition) is 19. The Kier molecular flexibility index (Phi) is 29.7. The number of sulfonamides is 1. The maximum atomic E-state index is 16.5. The number of hydrogen-bond acceptors (Lipinski definition) is 27. The van der Waals surface area contributed by atoms with Crippen LogP contribution in [0.2, 0.25) is 5.02 Å². The predicted octanol–water partition coefficient (Wildman–Crippen LogP) is 4.12. The zero-order chi connectivity index (χ0) is 90.4. The van der Waals surface area contributed by atoms with Gasteiger partial charge in [0.15, 0.2) is 36.0 Å². The quantitative estimate of drug-likeness (QED) is 0.0322. The van der Waals surface area contributed by atoms with Crippen LogP contribution in [0.15, 0.2) is 102 Å². The SMILES string of the molecule is CCCCCCc1ccc(S(=O)(=O)NCCCCNCc2c(O)cc3c(c2C)-c2cc(ccc2O)[C@H]2NC(=O)[C@@H]4NC(=O)[C@H](CC(N)=O)NC(=O)[C@H](NC(=O)[C@@H](CC(C)C)NC)[C@H](O)c5ccc(c(C)c5)Oc5cc4cc(c5O[C@@H]4O[C@H](CO)[C@@H](O)[C@H](O)[C@H]4O[C@H]4C[C@]5(C)NC(=O)O[C@@H]5[C@H](C)O4)Oc4ccc(cc4Cl)[C@@H](O)[C@H](NC2=O)C(=O)N[C@@H]3C(=O)O)cc1. The van der Waals surface area contributed by atoms with Gasteiger partial charge in [-0.2, -0.15) is 0 Å². The molecule has 6 aromatic carbocycles. The van der Waals surface area contributed by atoms with Crippen molar-refractivity contribution in [2.45, 2.75) is 233 Å². The molecule has 0 radical (unpaired) electrons. The molecule has 0 unspecified atom stereocenters. The van der Waals surface area contributed by atoms with Crippen molar-refractivity contribution < 1.29 is 126 Å². The Morgan fingerprint density at radius 3 is 2.05 bits per heavy atom. The van der Waals surface area contributed by atoms with E-state index in [2.05, 4.69) is 59.5 Å². The van der Waals surface area contributed by atoms with Crippen LogP contribution in [0.5, 0.6) is 40.2 Å². The van der Waals surface area contributed by atoms with Gasteiger partial charge in [-0.1, -0.05) is 82.0 Å². The number of halogens is 1. The van der Waals surface area contributed by atoms with Crippen LogP contribution in [-0.4, -0.2) is 208 Å². The van der Waals surface area contributed by atoms with Gasteiger partial charge in [0.05, 0.1) is 40.6 Å². The third-order valence-electron chi connectivity index (χ3n) is 23.1. The number of nitrogens with one attached hydrogen (secondary N) is 10. The van der Waals surface area contributed by atoms with Crippen molar-refractivity contribution in [3.63, 3.8) is 0 Å². The van der Waals surface area contributed by atoms with E-state index < -0.39 is 225 Å². The number of carbonyl (C=O) groups is 9. The fraction of sp³-hybridized carbons (Fsp3) is 0.477. The number of carboxylic acids is 1. The molecule has 0 aliphatic carbocycles. The number of aliphatic hydroxyl groups excluding tert-OH is 5. The van der Waals surface area contributed by atoms with Crippen molar-refractivity contribution in [3.8, 4) is 51.4 Å². The molecule has 3 saturated heterocycles. The first-order valence-corrected chi connectivity index (χ1v) is 43.1. The molecule has 674 valence electrons. The number of phenols is 2. The van der Waals surface area contributed by atoms with Crippen LogP contribution in [0.1, 0.15) is 173 Å². The minimum absolute atomic E-state index is 0.0352. The van der Waals surface area contributed by atoms with Crippen molar-refractivity contribution >= 4 is 75.0 Å². The van der Waals surface area contributed by atoms with Gasteiger partial charge in [-0.25, -0.2) is 22.7 Å². The summed E-state index contributed by atoms with van der Waals surface area (Å²) in [5.41, 5.74) is 4.34. The highest BCUT2D eigenvalue weighted by Crippen LogP contribution is 2.50. The van der Waals surface area contributed by atoms with Gasteiger partial charge < -0.3 is 128 Å². The second-order valence-corrected chi connectivity index (χ2v) is 34.9. The lowest BCUT2D eigenvalue weighted by Crippen LogP contribution is -2.63. The maximum Gasteiger partial charge on any atom is 0.408 e. The first kappa shape index (κ1) is 93.3. The van der Waals surface area contributed by atoms with Crippen LogP contribution in [-0.2, 0) is 80.3 Å². The molecule has 0 aromatic heterocycles. The van der Waals surface area contributed by atoms with Crippen LogP contribution in [0.4, 0.5) is 4.79 Å². The third kappa shape index (κ3) is 21.1. The molecule has 3 fully saturated rings. The largest absolute Gasteiger partial charge is 0.508 e. The van der Waals surface area contributed by atoms with E-state index in [1.54, 1.807) is 38.1 Å². The summed E-state index contributed by atoms with van der Waals surface area (Å²) in [7, 11) is -2.38. The minimum Gasteiger partial charge on any atom is -0.508 e. The molecule has 11 bridgehead atoms. The summed E-state index contributed by atoms with van der Waals surface area (Å²) < 4.78 is 74.2. The van der Waals surface area contributed by atoms with Crippen molar-refractivity contribution in [2.75, 3.05) is 26.7 Å². The van der Waals surface area contributed by atoms with Gasteiger partial charge in [0.25, 0.3) is 0 Å². The normalized spacial score (nSPS) is 26.5. The van der Waals surface area contributed by atoms with Crippen molar-refractivity contribution in [1.82, 2.24) is 52.6 Å². The number of carbonyl (C=O) groups excluding carboxylic acids is 8. The molecule has 39 heteroatoms. The second kappa shape index (κ2) is 39.8. The Morgan fingerprint density at radius 1 is 0.720 bits per heavy atom. The Bertz CT molecular complexity index is 5180. The number of primary amides is 1. The summed E-state index contributed by atoms with van der Waals surface area (Å²) in [6.07, 6.45) is -12.7. The molecular weight excluding hydrogens is 1670 g/mol. The number of likely N-dealkylation sites (N-methyl/N-ethyl adjacent to an activating group) is 1. The average Bonchev–Trinajstić information content (AvgIpc) is 1.30. The molecule has 6 aromatic rings. The topological polar surface area (TPSA) is 561 Å². The summed E-state index contributed by atoms with van der Waals surface area (Å²) in [5.74, 6) is -14.0. The fourth-order valence-corrected chi connectivity index (χ4v) is 17.7. The Hall–Kier alpha value is -10.9. The summed E-state index contributed by atoms with van der Waals surface area (Å²) in [5, 5.41) is 119. The van der Waals surface area contributed by atoms with Crippen molar-refractivity contribution in [2.24, 2.45) is 11.7 Å². The second-order valence-electron chi connectivity index (χ2n) is 32.7. The van der Waals surface area contributed by atoms with Gasteiger partial charge in [-0.15, -0.1) is 0 Å². The highest BCUT2D eigenvalue weighted by molar-refractivity contribution is 7.89. The number of alkyl carbamates (subject to hydrolysis) is 1. The third-order valence-corrected chi connectivity index (χ3v) is 24.8. The molecular formula is C86H106ClN11O26S. The first-order chi connectivity index (χ1) is 59.4. The Morgan fingerprint density at radius 2 is 1.38 bits per heavy atom. The summed E-state index contributed by atoms with van der Waals surface area (Å²) in [6, 6.07) is 6.77.